The number of pyridine rings is 1. The van der Waals surface area contributed by atoms with Gasteiger partial charge in [-0.15, -0.1) is 0 Å². The molecule has 0 fully saturated rings. The first-order valence-electron chi connectivity index (χ1n) is 2.79. The zero-order chi connectivity index (χ0) is 7.40. The highest BCUT2D eigenvalue weighted by atomic mass is 16.3. The van der Waals surface area contributed by atoms with Crippen molar-refractivity contribution in [2.24, 2.45) is 0 Å². The highest BCUT2D eigenvalue weighted by Crippen LogP contribution is 2.00. The van der Waals surface area contributed by atoms with Crippen LogP contribution in [0.2, 0.25) is 0 Å². The standard InChI is InChI=1S/C7H5N2O/c8-2-6-1-7(5-10)4-9-3-6/h1,3-4H,5H2. The molecule has 3 nitrogen and oxygen atoms in total. The van der Waals surface area contributed by atoms with E-state index in [1.807, 2.05) is 6.07 Å². The molecule has 0 aliphatic heterocycles. The Hall–Kier alpha value is -1.40. The predicted molar refractivity (Wildman–Crippen MR) is 33.3 cm³/mol. The largest absolute Gasteiger partial charge is 0.263 e. The van der Waals surface area contributed by atoms with Crippen LogP contribution in [0, 0.1) is 11.3 Å². The van der Waals surface area contributed by atoms with E-state index in [1.165, 1.54) is 12.4 Å². The van der Waals surface area contributed by atoms with Gasteiger partial charge in [-0.2, -0.15) is 5.26 Å². The summed E-state index contributed by atoms with van der Waals surface area (Å²) in [6, 6.07) is 3.44. The molecule has 1 aromatic rings. The summed E-state index contributed by atoms with van der Waals surface area (Å²) < 4.78 is 0. The van der Waals surface area contributed by atoms with Gasteiger partial charge in [-0.3, -0.25) is 4.98 Å². The van der Waals surface area contributed by atoms with Crippen LogP contribution in [0.15, 0.2) is 18.5 Å². The lowest BCUT2D eigenvalue weighted by molar-refractivity contribution is 0.177. The summed E-state index contributed by atoms with van der Waals surface area (Å²) in [5.74, 6) is 0. The van der Waals surface area contributed by atoms with E-state index < -0.39 is 0 Å². The van der Waals surface area contributed by atoms with Crippen LogP contribution in [0.25, 0.3) is 0 Å². The van der Waals surface area contributed by atoms with Gasteiger partial charge < -0.3 is 0 Å². The number of nitrogens with zero attached hydrogens (tertiary/aromatic N) is 2. The Kier molecular flexibility index (Phi) is 1.98. The van der Waals surface area contributed by atoms with Gasteiger partial charge in [0.25, 0.3) is 0 Å². The monoisotopic (exact) mass is 133 g/mol. The van der Waals surface area contributed by atoms with Crippen molar-refractivity contribution in [2.75, 3.05) is 0 Å². The number of aromatic nitrogens is 1. The van der Waals surface area contributed by atoms with Crippen LogP contribution in [0.5, 0.6) is 0 Å². The van der Waals surface area contributed by atoms with E-state index in [4.69, 9.17) is 5.26 Å². The van der Waals surface area contributed by atoms with E-state index in [0.29, 0.717) is 11.1 Å². The molecule has 0 bridgehead atoms. The molecule has 0 unspecified atom stereocenters. The van der Waals surface area contributed by atoms with Crippen LogP contribution in [0.1, 0.15) is 11.1 Å². The lowest BCUT2D eigenvalue weighted by Crippen LogP contribution is -1.84. The lowest BCUT2D eigenvalue weighted by atomic mass is 10.2. The van der Waals surface area contributed by atoms with Crippen molar-refractivity contribution in [3.63, 3.8) is 0 Å². The van der Waals surface area contributed by atoms with Gasteiger partial charge in [-0.25, -0.2) is 5.11 Å². The molecule has 10 heavy (non-hydrogen) atoms. The van der Waals surface area contributed by atoms with E-state index in [1.54, 1.807) is 6.07 Å². The maximum absolute atomic E-state index is 10.3. The van der Waals surface area contributed by atoms with E-state index in [0.717, 1.165) is 0 Å². The Labute approximate surface area is 58.6 Å². The second kappa shape index (κ2) is 2.95. The van der Waals surface area contributed by atoms with Crippen molar-refractivity contribution in [2.45, 2.75) is 6.61 Å². The third-order valence-corrected chi connectivity index (χ3v) is 1.09. The normalized spacial score (nSPS) is 8.80. The first-order valence-corrected chi connectivity index (χ1v) is 2.79. The van der Waals surface area contributed by atoms with Crippen LogP contribution in [0.4, 0.5) is 0 Å². The summed E-state index contributed by atoms with van der Waals surface area (Å²) in [6.45, 7) is -0.317. The Bertz CT molecular complexity index is 265. The van der Waals surface area contributed by atoms with Crippen LogP contribution >= 0.6 is 0 Å². The summed E-state index contributed by atoms with van der Waals surface area (Å²) >= 11 is 0. The molecule has 49 valence electrons. The molecule has 0 atom stereocenters. The Morgan fingerprint density at radius 2 is 2.40 bits per heavy atom. The molecule has 0 N–H and O–H groups in total. The molecule has 0 amide bonds. The molecule has 0 spiro atoms. The number of hydrogen-bond donors (Lipinski definition) is 0. The van der Waals surface area contributed by atoms with Crippen molar-refractivity contribution in [3.8, 4) is 6.07 Å². The Balaban J connectivity index is 3.01. The third-order valence-electron chi connectivity index (χ3n) is 1.09. The van der Waals surface area contributed by atoms with Gasteiger partial charge in [0.05, 0.1) is 5.56 Å². The van der Waals surface area contributed by atoms with Crippen LogP contribution in [0.3, 0.4) is 0 Å². The molecule has 1 heterocycles. The minimum atomic E-state index is -0.317. The van der Waals surface area contributed by atoms with Crippen molar-refractivity contribution >= 4 is 0 Å². The fourth-order valence-electron chi connectivity index (χ4n) is 0.628. The maximum atomic E-state index is 10.3. The highest BCUT2D eigenvalue weighted by Gasteiger charge is 1.92. The smallest absolute Gasteiger partial charge is 0.109 e. The Morgan fingerprint density at radius 3 is 3.00 bits per heavy atom. The average molecular weight is 133 g/mol. The van der Waals surface area contributed by atoms with Gasteiger partial charge in [0.2, 0.25) is 0 Å². The molecule has 1 aromatic heterocycles. The predicted octanol–water partition coefficient (Wildman–Crippen LogP) is 0.884. The molecule has 1 radical (unpaired) electrons. The molecule has 0 saturated heterocycles. The summed E-state index contributed by atoms with van der Waals surface area (Å²) in [6.07, 6.45) is 2.90. The molecule has 0 aliphatic carbocycles. The van der Waals surface area contributed by atoms with Crippen LogP contribution in [-0.2, 0) is 11.7 Å². The van der Waals surface area contributed by atoms with Gasteiger partial charge in [-0.05, 0) is 6.07 Å². The van der Waals surface area contributed by atoms with Crippen molar-refractivity contribution < 1.29 is 5.11 Å². The van der Waals surface area contributed by atoms with Crippen molar-refractivity contribution in [1.29, 1.82) is 5.26 Å². The number of nitriles is 1. The number of hydrogen-bond acceptors (Lipinski definition) is 2. The number of rotatable bonds is 1. The van der Waals surface area contributed by atoms with Gasteiger partial charge in [0.1, 0.15) is 12.7 Å². The summed E-state index contributed by atoms with van der Waals surface area (Å²) in [4.78, 5) is 3.70. The van der Waals surface area contributed by atoms with E-state index in [2.05, 4.69) is 4.98 Å². The van der Waals surface area contributed by atoms with Crippen LogP contribution in [-0.4, -0.2) is 4.98 Å². The van der Waals surface area contributed by atoms with Crippen LogP contribution < -0.4 is 0 Å². The van der Waals surface area contributed by atoms with Gasteiger partial charge in [0.15, 0.2) is 0 Å². The quantitative estimate of drug-likeness (QED) is 0.571. The molecule has 0 saturated carbocycles. The summed E-state index contributed by atoms with van der Waals surface area (Å²) in [7, 11) is 0. The Morgan fingerprint density at radius 1 is 1.60 bits per heavy atom. The molecule has 0 aliphatic rings. The molecular weight excluding hydrogens is 128 g/mol. The molecular formula is C7H5N2O. The molecule has 0 aromatic carbocycles. The minimum Gasteiger partial charge on any atom is -0.263 e. The van der Waals surface area contributed by atoms with E-state index in [9.17, 15) is 5.11 Å². The van der Waals surface area contributed by atoms with Gasteiger partial charge >= 0.3 is 0 Å². The second-order valence-corrected chi connectivity index (χ2v) is 1.84. The lowest BCUT2D eigenvalue weighted by Gasteiger charge is -1.91. The van der Waals surface area contributed by atoms with Crippen molar-refractivity contribution in [1.82, 2.24) is 4.98 Å². The molecule has 3 heteroatoms. The highest BCUT2D eigenvalue weighted by molar-refractivity contribution is 5.28. The van der Waals surface area contributed by atoms with Gasteiger partial charge in [0, 0.05) is 18.0 Å². The fourth-order valence-corrected chi connectivity index (χ4v) is 0.628. The maximum Gasteiger partial charge on any atom is 0.109 e. The first-order chi connectivity index (χ1) is 4.86. The zero-order valence-electron chi connectivity index (χ0n) is 5.24. The average Bonchev–Trinajstić information content (AvgIpc) is 2.05. The van der Waals surface area contributed by atoms with Gasteiger partial charge in [-0.1, -0.05) is 0 Å². The SMILES string of the molecule is N#Cc1cncc(C[O])c1. The van der Waals surface area contributed by atoms with E-state index >= 15 is 0 Å². The first kappa shape index (κ1) is 6.72. The topological polar surface area (TPSA) is 56.6 Å². The zero-order valence-corrected chi connectivity index (χ0v) is 5.24. The fraction of sp³-hybridized carbons (Fsp3) is 0.143. The third kappa shape index (κ3) is 1.30. The van der Waals surface area contributed by atoms with Crippen molar-refractivity contribution in [3.05, 3.63) is 29.6 Å². The van der Waals surface area contributed by atoms with E-state index in [-0.39, 0.29) is 6.61 Å². The molecule has 1 rings (SSSR count). The second-order valence-electron chi connectivity index (χ2n) is 1.84. The summed E-state index contributed by atoms with van der Waals surface area (Å²) in [5, 5.41) is 18.6. The summed E-state index contributed by atoms with van der Waals surface area (Å²) in [5.41, 5.74) is 0.993. The minimum absolute atomic E-state index is 0.317.